The largest absolute Gasteiger partial charge is 0.378 e. The van der Waals surface area contributed by atoms with Crippen LogP contribution >= 0.6 is 0 Å². The number of pyridine rings is 1. The lowest BCUT2D eigenvalue weighted by molar-refractivity contribution is 0.0181. The molecule has 0 aliphatic carbocycles. The molecule has 0 aromatic carbocycles. The van der Waals surface area contributed by atoms with Gasteiger partial charge < -0.3 is 4.74 Å². The van der Waals surface area contributed by atoms with Crippen molar-refractivity contribution in [2.75, 3.05) is 6.61 Å². The summed E-state index contributed by atoms with van der Waals surface area (Å²) in [5.41, 5.74) is 0.739. The van der Waals surface area contributed by atoms with Crippen molar-refractivity contribution in [1.82, 2.24) is 4.98 Å². The van der Waals surface area contributed by atoms with Gasteiger partial charge in [-0.15, -0.1) is 0 Å². The van der Waals surface area contributed by atoms with Crippen molar-refractivity contribution in [3.63, 3.8) is 0 Å². The number of hydrogen-bond acceptors (Lipinski definition) is 2. The lowest BCUT2D eigenvalue weighted by Gasteiger charge is -2.27. The van der Waals surface area contributed by atoms with Gasteiger partial charge in [-0.25, -0.2) is 4.39 Å². The monoisotopic (exact) mass is 195 g/mol. The van der Waals surface area contributed by atoms with Crippen LogP contribution in [0.15, 0.2) is 18.5 Å². The summed E-state index contributed by atoms with van der Waals surface area (Å²) in [6.07, 6.45) is 5.14. The fraction of sp³-hybridized carbons (Fsp3) is 0.545. The molecule has 1 aliphatic rings. The molecule has 0 amide bonds. The number of aromatic nitrogens is 1. The predicted octanol–water partition coefficient (Wildman–Crippen LogP) is 2.50. The molecule has 2 rings (SSSR count). The van der Waals surface area contributed by atoms with Crippen molar-refractivity contribution in [2.45, 2.75) is 31.8 Å². The van der Waals surface area contributed by atoms with Crippen LogP contribution in [0.25, 0.3) is 0 Å². The maximum absolute atomic E-state index is 13.4. The molecular formula is C11H14FNO. The van der Waals surface area contributed by atoms with E-state index >= 15 is 0 Å². The van der Waals surface area contributed by atoms with Gasteiger partial charge in [-0.05, 0) is 31.7 Å². The molecular weight excluding hydrogens is 181 g/mol. The zero-order valence-electron chi connectivity index (χ0n) is 8.24. The summed E-state index contributed by atoms with van der Waals surface area (Å²) in [4.78, 5) is 3.96. The summed E-state index contributed by atoms with van der Waals surface area (Å²) in [5, 5.41) is 0. The Kier molecular flexibility index (Phi) is 2.77. The van der Waals surface area contributed by atoms with Gasteiger partial charge in [0.05, 0.1) is 6.10 Å². The van der Waals surface area contributed by atoms with E-state index in [1.54, 1.807) is 6.20 Å². The summed E-state index contributed by atoms with van der Waals surface area (Å²) in [6, 6.07) is 1.43. The van der Waals surface area contributed by atoms with Crippen molar-refractivity contribution >= 4 is 0 Å². The minimum absolute atomic E-state index is 0.140. The van der Waals surface area contributed by atoms with Gasteiger partial charge in [0.25, 0.3) is 0 Å². The highest BCUT2D eigenvalue weighted by Crippen LogP contribution is 2.30. The van der Waals surface area contributed by atoms with Crippen LogP contribution in [0.3, 0.4) is 0 Å². The molecule has 2 heterocycles. The molecule has 3 heteroatoms. The van der Waals surface area contributed by atoms with Crippen LogP contribution in [0.1, 0.15) is 31.2 Å². The Morgan fingerprint density at radius 2 is 2.43 bits per heavy atom. The number of halogens is 1. The summed E-state index contributed by atoms with van der Waals surface area (Å²) in [7, 11) is 0. The molecule has 2 nitrogen and oxygen atoms in total. The van der Waals surface area contributed by atoms with E-state index < -0.39 is 0 Å². The van der Waals surface area contributed by atoms with Crippen LogP contribution in [0.4, 0.5) is 4.39 Å². The van der Waals surface area contributed by atoms with E-state index in [-0.39, 0.29) is 17.8 Å². The van der Waals surface area contributed by atoms with Gasteiger partial charge in [0, 0.05) is 24.6 Å². The smallest absolute Gasteiger partial charge is 0.129 e. The fourth-order valence-electron chi connectivity index (χ4n) is 1.97. The van der Waals surface area contributed by atoms with Crippen molar-refractivity contribution in [1.29, 1.82) is 0 Å². The molecule has 2 unspecified atom stereocenters. The second-order valence-electron chi connectivity index (χ2n) is 3.80. The van der Waals surface area contributed by atoms with Crippen LogP contribution in [0.5, 0.6) is 0 Å². The Hall–Kier alpha value is -0.960. The maximum Gasteiger partial charge on any atom is 0.129 e. The highest BCUT2D eigenvalue weighted by molar-refractivity contribution is 5.17. The van der Waals surface area contributed by atoms with Crippen molar-refractivity contribution < 1.29 is 9.13 Å². The summed E-state index contributed by atoms with van der Waals surface area (Å²) in [6.45, 7) is 2.75. The van der Waals surface area contributed by atoms with Gasteiger partial charge in [0.2, 0.25) is 0 Å². The molecule has 0 saturated carbocycles. The molecule has 0 spiro atoms. The zero-order valence-corrected chi connectivity index (χ0v) is 8.24. The lowest BCUT2D eigenvalue weighted by atomic mass is 9.90. The molecule has 2 atom stereocenters. The first-order valence-corrected chi connectivity index (χ1v) is 4.98. The van der Waals surface area contributed by atoms with Crippen LogP contribution in [-0.4, -0.2) is 17.7 Å². The Balaban J connectivity index is 2.18. The molecule has 1 saturated heterocycles. The first-order chi connectivity index (χ1) is 6.77. The predicted molar refractivity (Wildman–Crippen MR) is 51.6 cm³/mol. The number of rotatable bonds is 1. The molecule has 1 aromatic heterocycles. The molecule has 1 aliphatic heterocycles. The van der Waals surface area contributed by atoms with E-state index in [1.165, 1.54) is 12.3 Å². The van der Waals surface area contributed by atoms with E-state index in [4.69, 9.17) is 4.74 Å². The Bertz CT molecular complexity index is 316. The highest BCUT2D eigenvalue weighted by Gasteiger charge is 2.23. The van der Waals surface area contributed by atoms with E-state index in [0.29, 0.717) is 0 Å². The van der Waals surface area contributed by atoms with Crippen LogP contribution < -0.4 is 0 Å². The Labute approximate surface area is 83.1 Å². The topological polar surface area (TPSA) is 22.1 Å². The maximum atomic E-state index is 13.4. The average Bonchev–Trinajstić information content (AvgIpc) is 2.18. The van der Waals surface area contributed by atoms with Gasteiger partial charge in [0.1, 0.15) is 5.82 Å². The number of hydrogen-bond donors (Lipinski definition) is 0. The Morgan fingerprint density at radius 3 is 3.14 bits per heavy atom. The molecule has 0 bridgehead atoms. The molecule has 14 heavy (non-hydrogen) atoms. The van der Waals surface area contributed by atoms with Gasteiger partial charge in [-0.2, -0.15) is 0 Å². The summed E-state index contributed by atoms with van der Waals surface area (Å²) < 4.78 is 18.8. The van der Waals surface area contributed by atoms with Gasteiger partial charge in [-0.1, -0.05) is 0 Å². The lowest BCUT2D eigenvalue weighted by Crippen LogP contribution is -2.22. The summed E-state index contributed by atoms with van der Waals surface area (Å²) in [5.74, 6) is 0.131. The standard InChI is InChI=1S/C11H14FNO/c1-8-6-9(3-5-14-8)10-7-13-4-2-11(10)12/h2,4,7-9H,3,5-6H2,1H3. The third kappa shape index (κ3) is 1.93. The molecule has 76 valence electrons. The normalized spacial score (nSPS) is 27.6. The SMILES string of the molecule is CC1CC(c2cnccc2F)CCO1. The fourth-order valence-corrected chi connectivity index (χ4v) is 1.97. The molecule has 1 aromatic rings. The van der Waals surface area contributed by atoms with E-state index in [0.717, 1.165) is 25.0 Å². The van der Waals surface area contributed by atoms with Crippen molar-refractivity contribution in [3.05, 3.63) is 29.8 Å². The van der Waals surface area contributed by atoms with E-state index in [1.807, 2.05) is 6.92 Å². The van der Waals surface area contributed by atoms with Crippen LogP contribution in [0, 0.1) is 5.82 Å². The molecule has 1 fully saturated rings. The summed E-state index contributed by atoms with van der Waals surface area (Å²) >= 11 is 0. The first-order valence-electron chi connectivity index (χ1n) is 4.98. The minimum Gasteiger partial charge on any atom is -0.378 e. The van der Waals surface area contributed by atoms with Crippen molar-refractivity contribution in [3.8, 4) is 0 Å². The van der Waals surface area contributed by atoms with Gasteiger partial charge in [0.15, 0.2) is 0 Å². The molecule has 0 radical (unpaired) electrons. The van der Waals surface area contributed by atoms with Crippen LogP contribution in [-0.2, 0) is 4.74 Å². The Morgan fingerprint density at radius 1 is 1.57 bits per heavy atom. The quantitative estimate of drug-likeness (QED) is 0.687. The minimum atomic E-state index is -0.140. The van der Waals surface area contributed by atoms with E-state index in [9.17, 15) is 4.39 Å². The highest BCUT2D eigenvalue weighted by atomic mass is 19.1. The van der Waals surface area contributed by atoms with Gasteiger partial charge in [-0.3, -0.25) is 4.98 Å². The third-order valence-electron chi connectivity index (χ3n) is 2.72. The van der Waals surface area contributed by atoms with E-state index in [2.05, 4.69) is 4.98 Å². The second-order valence-corrected chi connectivity index (χ2v) is 3.80. The number of nitrogens with zero attached hydrogens (tertiary/aromatic N) is 1. The van der Waals surface area contributed by atoms with Crippen molar-refractivity contribution in [2.24, 2.45) is 0 Å². The van der Waals surface area contributed by atoms with Gasteiger partial charge >= 0.3 is 0 Å². The molecule has 0 N–H and O–H groups in total. The van der Waals surface area contributed by atoms with Crippen LogP contribution in [0.2, 0.25) is 0 Å². The average molecular weight is 195 g/mol. The second kappa shape index (κ2) is 4.05. The zero-order chi connectivity index (χ0) is 9.97. The third-order valence-corrected chi connectivity index (χ3v) is 2.72. The number of ether oxygens (including phenoxy) is 1. The first kappa shape index (κ1) is 9.59.